The second-order valence-corrected chi connectivity index (χ2v) is 5.41. The lowest BCUT2D eigenvalue weighted by molar-refractivity contribution is -0.0498. The first-order valence-corrected chi connectivity index (χ1v) is 7.36. The van der Waals surface area contributed by atoms with Crippen LogP contribution in [0.5, 0.6) is 5.75 Å². The van der Waals surface area contributed by atoms with Crippen LogP contribution in [0.1, 0.15) is 22.8 Å². The van der Waals surface area contributed by atoms with Crippen molar-refractivity contribution in [2.75, 3.05) is 13.6 Å². The van der Waals surface area contributed by atoms with E-state index in [1.54, 1.807) is 0 Å². The second kappa shape index (κ2) is 6.29. The lowest BCUT2D eigenvalue weighted by Gasteiger charge is -2.34. The molecule has 0 amide bonds. The predicted molar refractivity (Wildman–Crippen MR) is 83.5 cm³/mol. The first-order chi connectivity index (χ1) is 10.3. The number of para-hydroxylation sites is 1. The van der Waals surface area contributed by atoms with Crippen molar-refractivity contribution < 1.29 is 9.47 Å². The van der Waals surface area contributed by atoms with E-state index >= 15 is 0 Å². The maximum Gasteiger partial charge on any atom is 0.151 e. The Morgan fingerprint density at radius 3 is 2.71 bits per heavy atom. The summed E-state index contributed by atoms with van der Waals surface area (Å²) in [5.74, 6) is 0.920. The maximum atomic E-state index is 6.31. The number of benzene rings is 2. The highest BCUT2D eigenvalue weighted by Crippen LogP contribution is 2.34. The summed E-state index contributed by atoms with van der Waals surface area (Å²) in [5, 5.41) is 3.19. The molecule has 1 aliphatic rings. The summed E-state index contributed by atoms with van der Waals surface area (Å²) in [5.41, 5.74) is 3.58. The third kappa shape index (κ3) is 2.94. The molecular formula is C18H21NO2. The highest BCUT2D eigenvalue weighted by Gasteiger charge is 2.31. The van der Waals surface area contributed by atoms with Gasteiger partial charge in [-0.1, -0.05) is 42.5 Å². The molecule has 2 unspecified atom stereocenters. The van der Waals surface area contributed by atoms with Gasteiger partial charge in [0.15, 0.2) is 6.10 Å². The zero-order valence-electron chi connectivity index (χ0n) is 12.5. The zero-order valence-corrected chi connectivity index (χ0v) is 12.5. The number of fused-ring (bicyclic) bond motifs is 1. The summed E-state index contributed by atoms with van der Waals surface area (Å²) in [7, 11) is 1.94. The van der Waals surface area contributed by atoms with Gasteiger partial charge in [0, 0.05) is 12.1 Å². The number of aryl methyl sites for hydroxylation is 1. The van der Waals surface area contributed by atoms with Gasteiger partial charge in [0.1, 0.15) is 11.9 Å². The van der Waals surface area contributed by atoms with Crippen LogP contribution in [-0.4, -0.2) is 19.7 Å². The molecule has 1 N–H and O–H groups in total. The van der Waals surface area contributed by atoms with Crippen molar-refractivity contribution in [2.24, 2.45) is 0 Å². The normalized spacial score (nSPS) is 20.9. The number of hydrogen-bond donors (Lipinski definition) is 1. The lowest BCUT2D eigenvalue weighted by Crippen LogP contribution is -2.38. The van der Waals surface area contributed by atoms with Gasteiger partial charge in [0.2, 0.25) is 0 Å². The van der Waals surface area contributed by atoms with Crippen LogP contribution in [0.2, 0.25) is 0 Å². The predicted octanol–water partition coefficient (Wildman–Crippen LogP) is 3.23. The summed E-state index contributed by atoms with van der Waals surface area (Å²) in [6, 6.07) is 16.5. The number of ether oxygens (including phenoxy) is 2. The standard InChI is InChI=1S/C18H21NO2/c1-13-7-3-6-10-16(13)21-18-15-9-5-4-8-14(15)12-20-17(18)11-19-2/h3-10,17-19H,11-12H2,1-2H3. The van der Waals surface area contributed by atoms with Crippen LogP contribution >= 0.6 is 0 Å². The molecule has 21 heavy (non-hydrogen) atoms. The molecule has 2 atom stereocenters. The topological polar surface area (TPSA) is 30.5 Å². The molecule has 0 aromatic heterocycles. The Hall–Kier alpha value is -1.84. The van der Waals surface area contributed by atoms with Crippen LogP contribution in [0.3, 0.4) is 0 Å². The first-order valence-electron chi connectivity index (χ1n) is 7.36. The number of likely N-dealkylation sites (N-methyl/N-ethyl adjacent to an activating group) is 1. The van der Waals surface area contributed by atoms with E-state index in [1.165, 1.54) is 11.1 Å². The minimum atomic E-state index is -0.0801. The van der Waals surface area contributed by atoms with Crippen molar-refractivity contribution >= 4 is 0 Å². The van der Waals surface area contributed by atoms with Gasteiger partial charge in [0.05, 0.1) is 6.61 Å². The summed E-state index contributed by atoms with van der Waals surface area (Å²) in [4.78, 5) is 0. The largest absolute Gasteiger partial charge is 0.483 e. The highest BCUT2D eigenvalue weighted by molar-refractivity contribution is 5.36. The Labute approximate surface area is 125 Å². The van der Waals surface area contributed by atoms with Crippen LogP contribution in [-0.2, 0) is 11.3 Å². The molecule has 0 spiro atoms. The van der Waals surface area contributed by atoms with Crippen molar-refractivity contribution in [3.05, 3.63) is 65.2 Å². The third-order valence-corrected chi connectivity index (χ3v) is 3.91. The first kappa shape index (κ1) is 14.1. The van der Waals surface area contributed by atoms with Crippen molar-refractivity contribution in [2.45, 2.75) is 25.7 Å². The van der Waals surface area contributed by atoms with Crippen molar-refractivity contribution in [3.8, 4) is 5.75 Å². The van der Waals surface area contributed by atoms with Crippen LogP contribution in [0.15, 0.2) is 48.5 Å². The smallest absolute Gasteiger partial charge is 0.151 e. The molecule has 0 aliphatic carbocycles. The highest BCUT2D eigenvalue weighted by atomic mass is 16.5. The van der Waals surface area contributed by atoms with Gasteiger partial charge < -0.3 is 14.8 Å². The van der Waals surface area contributed by atoms with Gasteiger partial charge in [-0.05, 0) is 31.2 Å². The fraction of sp³-hybridized carbons (Fsp3) is 0.333. The average Bonchev–Trinajstić information content (AvgIpc) is 2.52. The van der Waals surface area contributed by atoms with Gasteiger partial charge in [0.25, 0.3) is 0 Å². The second-order valence-electron chi connectivity index (χ2n) is 5.41. The molecule has 2 aromatic carbocycles. The Bertz CT molecular complexity index is 612. The van der Waals surface area contributed by atoms with Crippen LogP contribution in [0.4, 0.5) is 0 Å². The summed E-state index contributed by atoms with van der Waals surface area (Å²) in [6.45, 7) is 3.49. The van der Waals surface area contributed by atoms with Gasteiger partial charge >= 0.3 is 0 Å². The van der Waals surface area contributed by atoms with Gasteiger partial charge in [-0.2, -0.15) is 0 Å². The van der Waals surface area contributed by atoms with E-state index in [4.69, 9.17) is 9.47 Å². The van der Waals surface area contributed by atoms with E-state index in [2.05, 4.69) is 36.5 Å². The minimum absolute atomic E-state index is 0.0181. The Morgan fingerprint density at radius 2 is 1.90 bits per heavy atom. The molecule has 0 radical (unpaired) electrons. The monoisotopic (exact) mass is 283 g/mol. The molecule has 0 saturated heterocycles. The number of nitrogens with one attached hydrogen (secondary N) is 1. The van der Waals surface area contributed by atoms with Crippen molar-refractivity contribution in [3.63, 3.8) is 0 Å². The summed E-state index contributed by atoms with van der Waals surface area (Å²) < 4.78 is 12.3. The maximum absolute atomic E-state index is 6.31. The number of hydrogen-bond acceptors (Lipinski definition) is 3. The molecule has 0 bridgehead atoms. The van der Waals surface area contributed by atoms with Crippen molar-refractivity contribution in [1.82, 2.24) is 5.32 Å². The molecule has 2 aromatic rings. The van der Waals surface area contributed by atoms with E-state index < -0.39 is 0 Å². The molecule has 3 nitrogen and oxygen atoms in total. The Kier molecular flexibility index (Phi) is 4.23. The van der Waals surface area contributed by atoms with E-state index in [0.29, 0.717) is 6.61 Å². The molecule has 3 heteroatoms. The fourth-order valence-corrected chi connectivity index (χ4v) is 2.76. The molecule has 110 valence electrons. The van der Waals surface area contributed by atoms with Gasteiger partial charge in [-0.15, -0.1) is 0 Å². The summed E-state index contributed by atoms with van der Waals surface area (Å²) in [6.07, 6.45) is -0.0620. The van der Waals surface area contributed by atoms with Crippen LogP contribution in [0.25, 0.3) is 0 Å². The molecule has 0 fully saturated rings. The zero-order chi connectivity index (χ0) is 14.7. The fourth-order valence-electron chi connectivity index (χ4n) is 2.76. The Morgan fingerprint density at radius 1 is 1.14 bits per heavy atom. The SMILES string of the molecule is CNCC1OCc2ccccc2C1Oc1ccccc1C. The lowest BCUT2D eigenvalue weighted by atomic mass is 9.95. The average molecular weight is 283 g/mol. The van der Waals surface area contributed by atoms with Crippen molar-refractivity contribution in [1.29, 1.82) is 0 Å². The quantitative estimate of drug-likeness (QED) is 0.934. The molecule has 0 saturated carbocycles. The third-order valence-electron chi connectivity index (χ3n) is 3.91. The van der Waals surface area contributed by atoms with Crippen LogP contribution in [0, 0.1) is 6.92 Å². The van der Waals surface area contributed by atoms with E-state index in [1.807, 2.05) is 31.3 Å². The Balaban J connectivity index is 1.93. The molecule has 1 heterocycles. The molecule has 3 rings (SSSR count). The molecule has 1 aliphatic heterocycles. The number of rotatable bonds is 4. The van der Waals surface area contributed by atoms with Crippen LogP contribution < -0.4 is 10.1 Å². The van der Waals surface area contributed by atoms with Gasteiger partial charge in [-0.25, -0.2) is 0 Å². The molecular weight excluding hydrogens is 262 g/mol. The van der Waals surface area contributed by atoms with E-state index in [0.717, 1.165) is 17.9 Å². The minimum Gasteiger partial charge on any atom is -0.483 e. The van der Waals surface area contributed by atoms with E-state index in [9.17, 15) is 0 Å². The van der Waals surface area contributed by atoms with E-state index in [-0.39, 0.29) is 12.2 Å². The summed E-state index contributed by atoms with van der Waals surface area (Å²) >= 11 is 0. The van der Waals surface area contributed by atoms with Gasteiger partial charge in [-0.3, -0.25) is 0 Å².